The Morgan fingerprint density at radius 2 is 2.12 bits per heavy atom. The van der Waals surface area contributed by atoms with Crippen molar-refractivity contribution in [2.75, 3.05) is 0 Å². The van der Waals surface area contributed by atoms with Crippen LogP contribution in [-0.4, -0.2) is 11.2 Å². The Kier molecular flexibility index (Phi) is 3.90. The molecule has 1 aromatic carbocycles. The molecule has 2 nitrogen and oxygen atoms in total. The second kappa shape index (κ2) is 5.05. The molecule has 2 rings (SSSR count). The van der Waals surface area contributed by atoms with Crippen molar-refractivity contribution in [2.24, 2.45) is 11.7 Å². The summed E-state index contributed by atoms with van der Waals surface area (Å²) >= 11 is 9.37. The highest BCUT2D eigenvalue weighted by molar-refractivity contribution is 9.10. The van der Waals surface area contributed by atoms with E-state index in [-0.39, 0.29) is 6.04 Å². The monoisotopic (exact) mass is 303 g/mol. The van der Waals surface area contributed by atoms with E-state index < -0.39 is 6.10 Å². The summed E-state index contributed by atoms with van der Waals surface area (Å²) in [4.78, 5) is 0. The van der Waals surface area contributed by atoms with E-state index in [2.05, 4.69) is 15.9 Å². The molecule has 0 spiro atoms. The van der Waals surface area contributed by atoms with E-state index in [0.29, 0.717) is 10.9 Å². The first-order valence-electron chi connectivity index (χ1n) is 5.48. The highest BCUT2D eigenvalue weighted by Gasteiger charge is 2.31. The van der Waals surface area contributed by atoms with Gasteiger partial charge in [0.05, 0.1) is 12.1 Å². The van der Waals surface area contributed by atoms with E-state index in [4.69, 9.17) is 17.3 Å². The fourth-order valence-electron chi connectivity index (χ4n) is 2.03. The highest BCUT2D eigenvalue weighted by atomic mass is 79.9. The molecule has 4 heteroatoms. The van der Waals surface area contributed by atoms with Crippen LogP contribution in [-0.2, 0) is 0 Å². The number of aliphatic hydroxyl groups is 1. The molecule has 0 aromatic heterocycles. The standard InChI is InChI=1S/C12H15BrClNO/c13-10-5-4-8(14)6-9(10)11(15)12(16)7-2-1-3-7/h4-7,11-12,16H,1-3,15H2/t11-,12+/m0/s1. The second-order valence-electron chi connectivity index (χ2n) is 4.37. The first-order valence-corrected chi connectivity index (χ1v) is 6.65. The molecule has 0 saturated heterocycles. The smallest absolute Gasteiger partial charge is 0.0761 e. The van der Waals surface area contributed by atoms with Gasteiger partial charge in [0.15, 0.2) is 0 Å². The molecule has 0 amide bonds. The van der Waals surface area contributed by atoms with Gasteiger partial charge >= 0.3 is 0 Å². The van der Waals surface area contributed by atoms with Gasteiger partial charge in [0, 0.05) is 9.50 Å². The molecule has 1 fully saturated rings. The van der Waals surface area contributed by atoms with Crippen LogP contribution in [0, 0.1) is 5.92 Å². The zero-order valence-corrected chi connectivity index (χ0v) is 11.2. The highest BCUT2D eigenvalue weighted by Crippen LogP contribution is 2.36. The first-order chi connectivity index (χ1) is 7.59. The molecule has 0 aliphatic heterocycles. The summed E-state index contributed by atoms with van der Waals surface area (Å²) < 4.78 is 0.905. The third kappa shape index (κ3) is 2.43. The zero-order chi connectivity index (χ0) is 11.7. The molecule has 0 heterocycles. The molecule has 16 heavy (non-hydrogen) atoms. The van der Waals surface area contributed by atoms with Crippen molar-refractivity contribution in [1.82, 2.24) is 0 Å². The third-order valence-corrected chi connectivity index (χ3v) is 4.28. The van der Waals surface area contributed by atoms with Gasteiger partial charge in [-0.25, -0.2) is 0 Å². The second-order valence-corrected chi connectivity index (χ2v) is 5.66. The predicted molar refractivity (Wildman–Crippen MR) is 69.4 cm³/mol. The van der Waals surface area contributed by atoms with E-state index >= 15 is 0 Å². The number of halogens is 2. The largest absolute Gasteiger partial charge is 0.391 e. The van der Waals surface area contributed by atoms with Gasteiger partial charge in [0.25, 0.3) is 0 Å². The summed E-state index contributed by atoms with van der Waals surface area (Å²) in [5, 5.41) is 10.8. The predicted octanol–water partition coefficient (Wildman–Crippen LogP) is 3.26. The van der Waals surface area contributed by atoms with Crippen molar-refractivity contribution in [2.45, 2.75) is 31.4 Å². The molecular weight excluding hydrogens is 289 g/mol. The van der Waals surface area contributed by atoms with Crippen molar-refractivity contribution in [3.63, 3.8) is 0 Å². The number of hydrogen-bond acceptors (Lipinski definition) is 2. The molecule has 1 saturated carbocycles. The normalized spacial score (nSPS) is 20.2. The lowest BCUT2D eigenvalue weighted by Gasteiger charge is -2.34. The summed E-state index contributed by atoms with van der Waals surface area (Å²) in [6.45, 7) is 0. The van der Waals surface area contributed by atoms with Gasteiger partial charge in [-0.1, -0.05) is 34.0 Å². The van der Waals surface area contributed by atoms with Gasteiger partial charge in [-0.3, -0.25) is 0 Å². The van der Waals surface area contributed by atoms with Crippen LogP contribution in [0.25, 0.3) is 0 Å². The lowest BCUT2D eigenvalue weighted by molar-refractivity contribution is 0.0412. The van der Waals surface area contributed by atoms with Crippen molar-refractivity contribution in [3.8, 4) is 0 Å². The fraction of sp³-hybridized carbons (Fsp3) is 0.500. The summed E-state index contributed by atoms with van der Waals surface area (Å²) in [5.74, 6) is 0.348. The van der Waals surface area contributed by atoms with E-state index in [1.807, 2.05) is 12.1 Å². The Hall–Kier alpha value is -0.0900. The van der Waals surface area contributed by atoms with Gasteiger partial charge in [-0.15, -0.1) is 0 Å². The molecule has 0 unspecified atom stereocenters. The van der Waals surface area contributed by atoms with Crippen LogP contribution in [0.15, 0.2) is 22.7 Å². The summed E-state index contributed by atoms with van der Waals surface area (Å²) in [6, 6.07) is 5.12. The van der Waals surface area contributed by atoms with Crippen LogP contribution >= 0.6 is 27.5 Å². The van der Waals surface area contributed by atoms with E-state index in [1.165, 1.54) is 6.42 Å². The molecule has 3 N–H and O–H groups in total. The number of aliphatic hydroxyl groups excluding tert-OH is 1. The number of hydrogen-bond donors (Lipinski definition) is 2. The van der Waals surface area contributed by atoms with Gasteiger partial charge in [0.1, 0.15) is 0 Å². The average molecular weight is 305 g/mol. The molecule has 2 atom stereocenters. The minimum atomic E-state index is -0.469. The van der Waals surface area contributed by atoms with Crippen LogP contribution < -0.4 is 5.73 Å². The Morgan fingerprint density at radius 3 is 2.69 bits per heavy atom. The van der Waals surface area contributed by atoms with Crippen molar-refractivity contribution in [1.29, 1.82) is 0 Å². The van der Waals surface area contributed by atoms with Gasteiger partial charge < -0.3 is 10.8 Å². The zero-order valence-electron chi connectivity index (χ0n) is 8.87. The molecule has 0 bridgehead atoms. The van der Waals surface area contributed by atoms with Crippen LogP contribution in [0.4, 0.5) is 0 Å². The van der Waals surface area contributed by atoms with Crippen molar-refractivity contribution < 1.29 is 5.11 Å². The molecule has 0 radical (unpaired) electrons. The Morgan fingerprint density at radius 1 is 1.44 bits per heavy atom. The van der Waals surface area contributed by atoms with Gasteiger partial charge in [-0.2, -0.15) is 0 Å². The number of nitrogens with two attached hydrogens (primary N) is 1. The SMILES string of the molecule is N[C@@H](c1cc(Cl)ccc1Br)[C@H](O)C1CCC1. The summed E-state index contributed by atoms with van der Waals surface area (Å²) in [6.07, 6.45) is 2.88. The molecule has 1 aromatic rings. The minimum absolute atomic E-state index is 0.348. The fourth-order valence-corrected chi connectivity index (χ4v) is 2.72. The maximum Gasteiger partial charge on any atom is 0.0761 e. The van der Waals surface area contributed by atoms with Gasteiger partial charge in [0.2, 0.25) is 0 Å². The van der Waals surface area contributed by atoms with Crippen molar-refractivity contribution in [3.05, 3.63) is 33.3 Å². The number of rotatable bonds is 3. The van der Waals surface area contributed by atoms with E-state index in [0.717, 1.165) is 22.9 Å². The average Bonchev–Trinajstić information content (AvgIpc) is 2.18. The van der Waals surface area contributed by atoms with E-state index in [1.54, 1.807) is 6.07 Å². The topological polar surface area (TPSA) is 46.2 Å². The molecule has 1 aliphatic carbocycles. The van der Waals surface area contributed by atoms with Crippen LogP contribution in [0.3, 0.4) is 0 Å². The maximum absolute atomic E-state index is 10.1. The summed E-state index contributed by atoms with van der Waals surface area (Å²) in [7, 11) is 0. The molecular formula is C12H15BrClNO. The van der Waals surface area contributed by atoms with Crippen molar-refractivity contribution >= 4 is 27.5 Å². The first kappa shape index (κ1) is 12.4. The number of benzene rings is 1. The van der Waals surface area contributed by atoms with Crippen LogP contribution in [0.5, 0.6) is 0 Å². The Balaban J connectivity index is 2.18. The summed E-state index contributed by atoms with van der Waals surface area (Å²) in [5.41, 5.74) is 6.96. The Labute approximate surface area is 109 Å². The third-order valence-electron chi connectivity index (χ3n) is 3.32. The maximum atomic E-state index is 10.1. The lowest BCUT2D eigenvalue weighted by atomic mass is 9.77. The van der Waals surface area contributed by atoms with Crippen LogP contribution in [0.1, 0.15) is 30.9 Å². The minimum Gasteiger partial charge on any atom is -0.391 e. The Bertz CT molecular complexity index is 381. The van der Waals surface area contributed by atoms with Gasteiger partial charge in [-0.05, 0) is 42.5 Å². The molecule has 1 aliphatic rings. The van der Waals surface area contributed by atoms with Crippen LogP contribution in [0.2, 0.25) is 5.02 Å². The lowest BCUT2D eigenvalue weighted by Crippen LogP contribution is -2.36. The quantitative estimate of drug-likeness (QED) is 0.900. The van der Waals surface area contributed by atoms with E-state index in [9.17, 15) is 5.11 Å². The molecule has 88 valence electrons.